The van der Waals surface area contributed by atoms with Gasteiger partial charge in [-0.25, -0.2) is 0 Å². The number of aromatic nitrogens is 2. The van der Waals surface area contributed by atoms with Crippen LogP contribution in [0, 0.1) is 13.8 Å². The minimum absolute atomic E-state index is 0.0320. The smallest absolute Gasteiger partial charge is 0.170 e. The van der Waals surface area contributed by atoms with Crippen LogP contribution in [0.3, 0.4) is 0 Å². The van der Waals surface area contributed by atoms with Gasteiger partial charge in [-0.05, 0) is 94.4 Å². The molecular weight excluding hydrogens is 438 g/mol. The zero-order valence-corrected chi connectivity index (χ0v) is 21.9. The average molecular weight is 476 g/mol. The zero-order chi connectivity index (χ0) is 24.2. The molecule has 0 unspecified atom stereocenters. The van der Waals surface area contributed by atoms with Gasteiger partial charge in [-0.2, -0.15) is 0 Å². The standard InChI is InChI=1S/C28H37N5S/c1-6-9-18-32-27(26(30-28(32)34)25-12-10-11-17-29-25)24-19-20(4)33(21(24)5)23-15-13-22(14-16-23)31(7-2)8-3/h10-17,19,26-27H,6-9,18H2,1-5H3,(H,30,34)/t26-,27-/m0/s1. The quantitative estimate of drug-likeness (QED) is 0.378. The molecule has 6 heteroatoms. The topological polar surface area (TPSA) is 36.3 Å². The molecule has 3 heterocycles. The van der Waals surface area contributed by atoms with E-state index in [9.17, 15) is 0 Å². The highest BCUT2D eigenvalue weighted by Crippen LogP contribution is 2.41. The molecule has 3 aromatic rings. The highest BCUT2D eigenvalue weighted by molar-refractivity contribution is 7.80. The Morgan fingerprint density at radius 2 is 1.76 bits per heavy atom. The first-order valence-electron chi connectivity index (χ1n) is 12.5. The molecule has 2 atom stereocenters. The summed E-state index contributed by atoms with van der Waals surface area (Å²) in [7, 11) is 0. The number of thiocarbonyl (C=S) groups is 1. The molecule has 0 amide bonds. The maximum absolute atomic E-state index is 5.82. The van der Waals surface area contributed by atoms with Crippen molar-refractivity contribution in [3.8, 4) is 5.69 Å². The summed E-state index contributed by atoms with van der Waals surface area (Å²) in [6, 6.07) is 17.5. The summed E-state index contributed by atoms with van der Waals surface area (Å²) in [5.41, 5.74) is 7.29. The summed E-state index contributed by atoms with van der Waals surface area (Å²) >= 11 is 5.82. The Bertz CT molecular complexity index is 1100. The largest absolute Gasteiger partial charge is 0.372 e. The van der Waals surface area contributed by atoms with Crippen molar-refractivity contribution >= 4 is 23.0 Å². The summed E-state index contributed by atoms with van der Waals surface area (Å²) in [6.45, 7) is 14.0. The first kappa shape index (κ1) is 24.3. The highest BCUT2D eigenvalue weighted by Gasteiger charge is 2.41. The molecule has 0 spiro atoms. The van der Waals surface area contributed by atoms with E-state index in [-0.39, 0.29) is 12.1 Å². The van der Waals surface area contributed by atoms with Gasteiger partial charge in [0.2, 0.25) is 0 Å². The molecule has 1 aliphatic rings. The van der Waals surface area contributed by atoms with E-state index in [1.54, 1.807) is 0 Å². The first-order chi connectivity index (χ1) is 16.5. The Hall–Kier alpha value is -2.86. The fraction of sp³-hybridized carbons (Fsp3) is 0.429. The Morgan fingerprint density at radius 3 is 2.38 bits per heavy atom. The second-order valence-corrected chi connectivity index (χ2v) is 9.41. The third-order valence-corrected chi connectivity index (χ3v) is 7.33. The van der Waals surface area contributed by atoms with Crippen LogP contribution in [0.5, 0.6) is 0 Å². The van der Waals surface area contributed by atoms with Crippen LogP contribution in [-0.4, -0.2) is 39.2 Å². The van der Waals surface area contributed by atoms with Gasteiger partial charge in [0, 0.05) is 48.6 Å². The van der Waals surface area contributed by atoms with Crippen LogP contribution in [0.4, 0.5) is 5.69 Å². The van der Waals surface area contributed by atoms with Gasteiger partial charge >= 0.3 is 0 Å². The summed E-state index contributed by atoms with van der Waals surface area (Å²) < 4.78 is 2.37. The molecule has 180 valence electrons. The lowest BCUT2D eigenvalue weighted by molar-refractivity contribution is 0.312. The van der Waals surface area contributed by atoms with Gasteiger partial charge in [-0.15, -0.1) is 0 Å². The van der Waals surface area contributed by atoms with Crippen LogP contribution >= 0.6 is 12.2 Å². The van der Waals surface area contributed by atoms with Crippen LogP contribution in [-0.2, 0) is 0 Å². The van der Waals surface area contributed by atoms with Crippen molar-refractivity contribution in [2.24, 2.45) is 0 Å². The van der Waals surface area contributed by atoms with Crippen LogP contribution in [0.15, 0.2) is 54.7 Å². The maximum Gasteiger partial charge on any atom is 0.170 e. The monoisotopic (exact) mass is 475 g/mol. The summed E-state index contributed by atoms with van der Waals surface area (Å²) in [6.07, 6.45) is 4.11. The average Bonchev–Trinajstić information content (AvgIpc) is 3.34. The van der Waals surface area contributed by atoms with Crippen LogP contribution in [0.2, 0.25) is 0 Å². The summed E-state index contributed by atoms with van der Waals surface area (Å²) in [5, 5.41) is 4.41. The number of rotatable bonds is 9. The Labute approximate surface area is 209 Å². The molecular formula is C28H37N5S. The molecule has 5 nitrogen and oxygen atoms in total. The first-order valence-corrected chi connectivity index (χ1v) is 12.9. The lowest BCUT2D eigenvalue weighted by atomic mass is 9.96. The SMILES string of the molecule is CCCCN1C(=S)N[C@@H](c2ccccn2)[C@@H]1c1cc(C)n(-c2ccc(N(CC)CC)cc2)c1C. The molecule has 2 aromatic heterocycles. The van der Waals surface area contributed by atoms with Crippen molar-refractivity contribution in [2.45, 2.75) is 59.5 Å². The van der Waals surface area contributed by atoms with Gasteiger partial charge in [-0.1, -0.05) is 19.4 Å². The Morgan fingerprint density at radius 1 is 1.03 bits per heavy atom. The number of anilines is 1. The number of nitrogens with zero attached hydrogens (tertiary/aromatic N) is 4. The molecule has 1 N–H and O–H groups in total. The van der Waals surface area contributed by atoms with E-state index in [1.807, 2.05) is 12.3 Å². The zero-order valence-electron chi connectivity index (χ0n) is 21.1. The fourth-order valence-corrected chi connectivity index (χ4v) is 5.53. The third-order valence-electron chi connectivity index (χ3n) is 6.98. The molecule has 1 aromatic carbocycles. The minimum Gasteiger partial charge on any atom is -0.372 e. The van der Waals surface area contributed by atoms with E-state index in [0.29, 0.717) is 0 Å². The Kier molecular flexibility index (Phi) is 7.57. The lowest BCUT2D eigenvalue weighted by Gasteiger charge is -2.28. The van der Waals surface area contributed by atoms with Crippen molar-refractivity contribution in [3.63, 3.8) is 0 Å². The minimum atomic E-state index is 0.0320. The number of benzene rings is 1. The number of pyridine rings is 1. The molecule has 34 heavy (non-hydrogen) atoms. The van der Waals surface area contributed by atoms with Crippen molar-refractivity contribution in [1.82, 2.24) is 19.8 Å². The summed E-state index contributed by atoms with van der Waals surface area (Å²) in [5.74, 6) is 0. The van der Waals surface area contributed by atoms with Gasteiger partial charge < -0.3 is 19.7 Å². The van der Waals surface area contributed by atoms with Gasteiger partial charge in [0.05, 0.1) is 17.8 Å². The normalized spacial score (nSPS) is 17.8. The van der Waals surface area contributed by atoms with Crippen LogP contribution in [0.25, 0.3) is 5.69 Å². The third kappa shape index (κ3) is 4.56. The maximum atomic E-state index is 5.82. The van der Waals surface area contributed by atoms with E-state index in [2.05, 4.69) is 102 Å². The molecule has 1 saturated heterocycles. The van der Waals surface area contributed by atoms with Gasteiger partial charge in [0.25, 0.3) is 0 Å². The van der Waals surface area contributed by atoms with Gasteiger partial charge in [0.1, 0.15) is 0 Å². The second-order valence-electron chi connectivity index (χ2n) is 9.02. The molecule has 4 rings (SSSR count). The summed E-state index contributed by atoms with van der Waals surface area (Å²) in [4.78, 5) is 9.43. The lowest BCUT2D eigenvalue weighted by Crippen LogP contribution is -2.30. The predicted octanol–water partition coefficient (Wildman–Crippen LogP) is 6.11. The van der Waals surface area contributed by atoms with Gasteiger partial charge in [-0.3, -0.25) is 4.98 Å². The number of nitrogens with one attached hydrogen (secondary N) is 1. The van der Waals surface area contributed by atoms with Crippen LogP contribution in [0.1, 0.15) is 68.3 Å². The molecule has 0 bridgehead atoms. The molecule has 0 aliphatic carbocycles. The predicted molar refractivity (Wildman–Crippen MR) is 146 cm³/mol. The number of unbranched alkanes of at least 4 members (excludes halogenated alkanes) is 1. The van der Waals surface area contributed by atoms with Crippen molar-refractivity contribution < 1.29 is 0 Å². The number of hydrogen-bond donors (Lipinski definition) is 1. The molecule has 1 aliphatic heterocycles. The van der Waals surface area contributed by atoms with E-state index >= 15 is 0 Å². The molecule has 0 radical (unpaired) electrons. The van der Waals surface area contributed by atoms with Crippen molar-refractivity contribution in [2.75, 3.05) is 24.5 Å². The number of aryl methyl sites for hydroxylation is 1. The molecule has 0 saturated carbocycles. The van der Waals surface area contributed by atoms with Crippen LogP contribution < -0.4 is 10.2 Å². The highest BCUT2D eigenvalue weighted by atomic mass is 32.1. The fourth-order valence-electron chi connectivity index (χ4n) is 5.20. The van der Waals surface area contributed by atoms with Gasteiger partial charge in [0.15, 0.2) is 5.11 Å². The van der Waals surface area contributed by atoms with Crippen molar-refractivity contribution in [3.05, 3.63) is 77.4 Å². The number of hydrogen-bond acceptors (Lipinski definition) is 3. The van der Waals surface area contributed by atoms with Crippen molar-refractivity contribution in [1.29, 1.82) is 0 Å². The Balaban J connectivity index is 1.75. The van der Waals surface area contributed by atoms with E-state index in [4.69, 9.17) is 12.2 Å². The van der Waals surface area contributed by atoms with E-state index in [0.717, 1.165) is 43.3 Å². The second kappa shape index (κ2) is 10.6. The van der Waals surface area contributed by atoms with E-state index in [1.165, 1.54) is 28.3 Å². The van der Waals surface area contributed by atoms with E-state index < -0.39 is 0 Å². The molecule has 1 fully saturated rings.